The largest absolute Gasteiger partial charge is 0.396 e. The molecule has 0 bridgehead atoms. The summed E-state index contributed by atoms with van der Waals surface area (Å²) < 4.78 is 5.37. The number of aliphatic hydroxyl groups is 2. The zero-order chi connectivity index (χ0) is 11.1. The third-order valence-corrected chi connectivity index (χ3v) is 3.01. The lowest BCUT2D eigenvalue weighted by Crippen LogP contribution is -2.41. The van der Waals surface area contributed by atoms with Crippen molar-refractivity contribution < 1.29 is 14.9 Å². The SMILES string of the molecule is CCN(CCCO)CC1COCCC1O. The van der Waals surface area contributed by atoms with Crippen LogP contribution in [-0.2, 0) is 4.74 Å². The molecule has 1 aliphatic heterocycles. The predicted molar refractivity (Wildman–Crippen MR) is 58.7 cm³/mol. The molecule has 15 heavy (non-hydrogen) atoms. The quantitative estimate of drug-likeness (QED) is 0.662. The molecule has 2 unspecified atom stereocenters. The molecule has 0 aromatic heterocycles. The van der Waals surface area contributed by atoms with Crippen LogP contribution in [0, 0.1) is 5.92 Å². The van der Waals surface area contributed by atoms with E-state index in [0.29, 0.717) is 13.2 Å². The van der Waals surface area contributed by atoms with Crippen LogP contribution in [-0.4, -0.2) is 60.7 Å². The lowest BCUT2D eigenvalue weighted by Gasteiger charge is -2.32. The highest BCUT2D eigenvalue weighted by atomic mass is 16.5. The molecule has 0 radical (unpaired) electrons. The van der Waals surface area contributed by atoms with Gasteiger partial charge in [-0.25, -0.2) is 0 Å². The van der Waals surface area contributed by atoms with E-state index in [4.69, 9.17) is 9.84 Å². The normalized spacial score (nSPS) is 27.2. The van der Waals surface area contributed by atoms with Gasteiger partial charge in [0.15, 0.2) is 0 Å². The van der Waals surface area contributed by atoms with Crippen LogP contribution < -0.4 is 0 Å². The summed E-state index contributed by atoms with van der Waals surface area (Å²) >= 11 is 0. The molecule has 4 heteroatoms. The molecule has 4 nitrogen and oxygen atoms in total. The Kier molecular flexibility index (Phi) is 6.17. The summed E-state index contributed by atoms with van der Waals surface area (Å²) in [6.07, 6.45) is 1.33. The first-order chi connectivity index (χ1) is 7.27. The molecule has 1 fully saturated rings. The first kappa shape index (κ1) is 12.9. The molecular weight excluding hydrogens is 194 g/mol. The Morgan fingerprint density at radius 3 is 2.87 bits per heavy atom. The minimum absolute atomic E-state index is 0.220. The third-order valence-electron chi connectivity index (χ3n) is 3.01. The van der Waals surface area contributed by atoms with Gasteiger partial charge in [0, 0.05) is 32.2 Å². The highest BCUT2D eigenvalue weighted by Crippen LogP contribution is 2.16. The fraction of sp³-hybridized carbons (Fsp3) is 1.00. The minimum Gasteiger partial charge on any atom is -0.396 e. The van der Waals surface area contributed by atoms with E-state index in [-0.39, 0.29) is 18.6 Å². The Morgan fingerprint density at radius 2 is 2.27 bits per heavy atom. The van der Waals surface area contributed by atoms with Crippen LogP contribution in [0.1, 0.15) is 19.8 Å². The van der Waals surface area contributed by atoms with Crippen molar-refractivity contribution in [1.29, 1.82) is 0 Å². The van der Waals surface area contributed by atoms with Crippen molar-refractivity contribution in [2.24, 2.45) is 5.92 Å². The Balaban J connectivity index is 2.29. The van der Waals surface area contributed by atoms with Gasteiger partial charge in [-0.2, -0.15) is 0 Å². The average molecular weight is 217 g/mol. The fourth-order valence-electron chi connectivity index (χ4n) is 1.96. The highest BCUT2D eigenvalue weighted by molar-refractivity contribution is 4.75. The van der Waals surface area contributed by atoms with Crippen LogP contribution in [0.4, 0.5) is 0 Å². The molecule has 1 rings (SSSR count). The van der Waals surface area contributed by atoms with E-state index in [2.05, 4.69) is 11.8 Å². The molecule has 0 aliphatic carbocycles. The van der Waals surface area contributed by atoms with Crippen molar-refractivity contribution in [3.05, 3.63) is 0 Å². The van der Waals surface area contributed by atoms with Gasteiger partial charge >= 0.3 is 0 Å². The van der Waals surface area contributed by atoms with Crippen LogP contribution >= 0.6 is 0 Å². The molecular formula is C11H23NO3. The zero-order valence-corrected chi connectivity index (χ0v) is 9.56. The molecule has 1 aliphatic rings. The van der Waals surface area contributed by atoms with Crippen molar-refractivity contribution >= 4 is 0 Å². The van der Waals surface area contributed by atoms with Gasteiger partial charge in [0.05, 0.1) is 12.7 Å². The smallest absolute Gasteiger partial charge is 0.0624 e. The standard InChI is InChI=1S/C11H23NO3/c1-2-12(5-3-6-13)8-10-9-15-7-4-11(10)14/h10-11,13-14H,2-9H2,1H3. The summed E-state index contributed by atoms with van der Waals surface area (Å²) in [6, 6.07) is 0. The van der Waals surface area contributed by atoms with Gasteiger partial charge in [-0.15, -0.1) is 0 Å². The van der Waals surface area contributed by atoms with E-state index >= 15 is 0 Å². The summed E-state index contributed by atoms with van der Waals surface area (Å²) in [7, 11) is 0. The predicted octanol–water partition coefficient (Wildman–Crippen LogP) is 0.0881. The van der Waals surface area contributed by atoms with Crippen LogP contribution in [0.3, 0.4) is 0 Å². The minimum atomic E-state index is -0.220. The topological polar surface area (TPSA) is 52.9 Å². The van der Waals surface area contributed by atoms with Gasteiger partial charge in [0.25, 0.3) is 0 Å². The van der Waals surface area contributed by atoms with E-state index in [1.54, 1.807) is 0 Å². The second-order valence-electron chi connectivity index (χ2n) is 4.16. The van der Waals surface area contributed by atoms with Gasteiger partial charge in [-0.1, -0.05) is 6.92 Å². The number of aliphatic hydroxyl groups excluding tert-OH is 2. The van der Waals surface area contributed by atoms with Crippen LogP contribution in [0.25, 0.3) is 0 Å². The van der Waals surface area contributed by atoms with Crippen LogP contribution in [0.2, 0.25) is 0 Å². The number of hydrogen-bond donors (Lipinski definition) is 2. The highest BCUT2D eigenvalue weighted by Gasteiger charge is 2.25. The van der Waals surface area contributed by atoms with Gasteiger partial charge < -0.3 is 19.8 Å². The van der Waals surface area contributed by atoms with Gasteiger partial charge in [0.1, 0.15) is 0 Å². The lowest BCUT2D eigenvalue weighted by molar-refractivity contribution is -0.0464. The Hall–Kier alpha value is -0.160. The van der Waals surface area contributed by atoms with Crippen molar-refractivity contribution in [1.82, 2.24) is 4.90 Å². The monoisotopic (exact) mass is 217 g/mol. The maximum atomic E-state index is 9.78. The van der Waals surface area contributed by atoms with Crippen molar-refractivity contribution in [3.8, 4) is 0 Å². The molecule has 0 saturated carbocycles. The number of nitrogens with zero attached hydrogens (tertiary/aromatic N) is 1. The van der Waals surface area contributed by atoms with E-state index in [9.17, 15) is 5.11 Å². The molecule has 0 spiro atoms. The van der Waals surface area contributed by atoms with Crippen molar-refractivity contribution in [3.63, 3.8) is 0 Å². The van der Waals surface area contributed by atoms with E-state index < -0.39 is 0 Å². The Labute approximate surface area is 91.8 Å². The van der Waals surface area contributed by atoms with Gasteiger partial charge in [-0.3, -0.25) is 0 Å². The molecule has 2 N–H and O–H groups in total. The van der Waals surface area contributed by atoms with Crippen LogP contribution in [0.5, 0.6) is 0 Å². The van der Waals surface area contributed by atoms with E-state index in [1.807, 2.05) is 0 Å². The summed E-state index contributed by atoms with van der Waals surface area (Å²) in [5.74, 6) is 0.234. The van der Waals surface area contributed by atoms with Crippen LogP contribution in [0.15, 0.2) is 0 Å². The summed E-state index contributed by atoms with van der Waals surface area (Å²) in [5, 5.41) is 18.6. The van der Waals surface area contributed by atoms with Crippen molar-refractivity contribution in [2.45, 2.75) is 25.9 Å². The maximum absolute atomic E-state index is 9.78. The van der Waals surface area contributed by atoms with Gasteiger partial charge in [0.2, 0.25) is 0 Å². The van der Waals surface area contributed by atoms with E-state index in [1.165, 1.54) is 0 Å². The van der Waals surface area contributed by atoms with Crippen molar-refractivity contribution in [2.75, 3.05) is 39.5 Å². The second kappa shape index (κ2) is 7.17. The Bertz CT molecular complexity index is 166. The van der Waals surface area contributed by atoms with E-state index in [0.717, 1.165) is 32.5 Å². The fourth-order valence-corrected chi connectivity index (χ4v) is 1.96. The molecule has 0 amide bonds. The lowest BCUT2D eigenvalue weighted by atomic mass is 9.98. The summed E-state index contributed by atoms with van der Waals surface area (Å²) in [5.41, 5.74) is 0. The average Bonchev–Trinajstić information content (AvgIpc) is 2.26. The molecule has 2 atom stereocenters. The first-order valence-corrected chi connectivity index (χ1v) is 5.87. The number of hydrogen-bond acceptors (Lipinski definition) is 4. The third kappa shape index (κ3) is 4.47. The summed E-state index contributed by atoms with van der Waals surface area (Å²) in [4.78, 5) is 2.26. The maximum Gasteiger partial charge on any atom is 0.0624 e. The molecule has 1 saturated heterocycles. The molecule has 0 aromatic carbocycles. The molecule has 1 heterocycles. The van der Waals surface area contributed by atoms with Gasteiger partial charge in [-0.05, 0) is 19.4 Å². The Morgan fingerprint density at radius 1 is 1.47 bits per heavy atom. The zero-order valence-electron chi connectivity index (χ0n) is 9.56. The first-order valence-electron chi connectivity index (χ1n) is 5.87. The molecule has 90 valence electrons. The molecule has 0 aromatic rings. The second-order valence-corrected chi connectivity index (χ2v) is 4.16. The number of rotatable bonds is 6. The summed E-state index contributed by atoms with van der Waals surface area (Å²) in [6.45, 7) is 6.42. The number of ether oxygens (including phenoxy) is 1.